The first-order valence-electron chi connectivity index (χ1n) is 7.54. The molecule has 0 saturated heterocycles. The number of hydrogen-bond donors (Lipinski definition) is 0. The van der Waals surface area contributed by atoms with Crippen LogP contribution in [0, 0.1) is 6.92 Å². The van der Waals surface area contributed by atoms with E-state index >= 15 is 0 Å². The Morgan fingerprint density at radius 3 is 2.61 bits per heavy atom. The molecule has 2 heterocycles. The number of thioether (sulfide) groups is 1. The fourth-order valence-corrected chi connectivity index (χ4v) is 3.59. The van der Waals surface area contributed by atoms with E-state index in [2.05, 4.69) is 34.2 Å². The second-order valence-electron chi connectivity index (χ2n) is 5.56. The molecule has 23 heavy (non-hydrogen) atoms. The SMILES string of the molecule is CSc1c(CCc2ccccc2)nc2ncn(C)c(=O)c2c1C. The summed E-state index contributed by atoms with van der Waals surface area (Å²) in [4.78, 5) is 22.5. The molecule has 0 radical (unpaired) electrons. The molecular formula is C18H19N3OS. The van der Waals surface area contributed by atoms with Crippen molar-refractivity contribution in [1.82, 2.24) is 14.5 Å². The normalized spacial score (nSPS) is 11.1. The lowest BCUT2D eigenvalue weighted by Gasteiger charge is -2.12. The minimum Gasteiger partial charge on any atom is -0.302 e. The number of pyridine rings is 1. The van der Waals surface area contributed by atoms with Gasteiger partial charge in [-0.25, -0.2) is 9.97 Å². The average molecular weight is 325 g/mol. The second-order valence-corrected chi connectivity index (χ2v) is 6.38. The molecule has 0 bridgehead atoms. The highest BCUT2D eigenvalue weighted by molar-refractivity contribution is 7.98. The molecule has 0 aliphatic heterocycles. The van der Waals surface area contributed by atoms with Crippen LogP contribution in [0.2, 0.25) is 0 Å². The predicted octanol–water partition coefficient (Wildman–Crippen LogP) is 3.14. The third kappa shape index (κ3) is 3.01. The third-order valence-corrected chi connectivity index (χ3v) is 4.98. The minimum absolute atomic E-state index is 0.0371. The number of fused-ring (bicyclic) bond motifs is 1. The van der Waals surface area contributed by atoms with Gasteiger partial charge in [-0.2, -0.15) is 0 Å². The zero-order valence-electron chi connectivity index (χ0n) is 13.5. The number of hydrogen-bond acceptors (Lipinski definition) is 4. The van der Waals surface area contributed by atoms with Gasteiger partial charge in [0, 0.05) is 11.9 Å². The average Bonchev–Trinajstić information content (AvgIpc) is 2.57. The van der Waals surface area contributed by atoms with Gasteiger partial charge in [0.1, 0.15) is 0 Å². The van der Waals surface area contributed by atoms with Crippen molar-refractivity contribution in [2.45, 2.75) is 24.7 Å². The van der Waals surface area contributed by atoms with Crippen molar-refractivity contribution in [2.75, 3.05) is 6.26 Å². The van der Waals surface area contributed by atoms with Crippen LogP contribution in [0.5, 0.6) is 0 Å². The standard InChI is InChI=1S/C18H19N3OS/c1-12-15-17(19-11-21(2)18(15)22)20-14(16(12)23-3)10-9-13-7-5-4-6-8-13/h4-8,11H,9-10H2,1-3H3. The van der Waals surface area contributed by atoms with Gasteiger partial charge in [0.25, 0.3) is 5.56 Å². The van der Waals surface area contributed by atoms with Gasteiger partial charge in [0.15, 0.2) is 5.65 Å². The smallest absolute Gasteiger partial charge is 0.262 e. The van der Waals surface area contributed by atoms with Gasteiger partial charge < -0.3 is 4.57 Å². The van der Waals surface area contributed by atoms with Gasteiger partial charge in [-0.3, -0.25) is 4.79 Å². The van der Waals surface area contributed by atoms with E-state index < -0.39 is 0 Å². The highest BCUT2D eigenvalue weighted by atomic mass is 32.2. The van der Waals surface area contributed by atoms with Crippen LogP contribution in [0.3, 0.4) is 0 Å². The Balaban J connectivity index is 2.07. The quantitative estimate of drug-likeness (QED) is 0.692. The molecule has 5 heteroatoms. The maximum Gasteiger partial charge on any atom is 0.262 e. The monoisotopic (exact) mass is 325 g/mol. The van der Waals surface area contributed by atoms with Crippen LogP contribution in [0.1, 0.15) is 16.8 Å². The Labute approximate surface area is 139 Å². The molecule has 0 amide bonds. The topological polar surface area (TPSA) is 47.8 Å². The first-order chi connectivity index (χ1) is 11.1. The molecule has 0 aliphatic carbocycles. The van der Waals surface area contributed by atoms with Gasteiger partial charge in [0.2, 0.25) is 0 Å². The van der Waals surface area contributed by atoms with E-state index in [-0.39, 0.29) is 5.56 Å². The second kappa shape index (κ2) is 6.54. The fourth-order valence-electron chi connectivity index (χ4n) is 2.80. The maximum absolute atomic E-state index is 12.4. The number of rotatable bonds is 4. The molecule has 1 aromatic carbocycles. The Bertz CT molecular complexity index is 904. The van der Waals surface area contributed by atoms with E-state index in [1.807, 2.05) is 19.2 Å². The summed E-state index contributed by atoms with van der Waals surface area (Å²) < 4.78 is 1.50. The summed E-state index contributed by atoms with van der Waals surface area (Å²) in [5.41, 5.74) is 3.80. The van der Waals surface area contributed by atoms with E-state index in [0.717, 1.165) is 29.0 Å². The van der Waals surface area contributed by atoms with Crippen molar-refractivity contribution in [3.8, 4) is 0 Å². The number of aromatic nitrogens is 3. The first kappa shape index (κ1) is 15.7. The molecule has 0 aliphatic rings. The van der Waals surface area contributed by atoms with E-state index in [1.165, 1.54) is 16.5 Å². The molecule has 0 fully saturated rings. The first-order valence-corrected chi connectivity index (χ1v) is 8.77. The number of aryl methyl sites for hydroxylation is 4. The molecule has 0 unspecified atom stereocenters. The number of benzene rings is 1. The largest absolute Gasteiger partial charge is 0.302 e. The Kier molecular flexibility index (Phi) is 4.48. The van der Waals surface area contributed by atoms with E-state index in [9.17, 15) is 4.79 Å². The Morgan fingerprint density at radius 2 is 1.91 bits per heavy atom. The van der Waals surface area contributed by atoms with Crippen molar-refractivity contribution < 1.29 is 0 Å². The summed E-state index contributed by atoms with van der Waals surface area (Å²) >= 11 is 1.65. The summed E-state index contributed by atoms with van der Waals surface area (Å²) in [5.74, 6) is 0. The van der Waals surface area contributed by atoms with Crippen LogP contribution in [-0.2, 0) is 19.9 Å². The molecule has 4 nitrogen and oxygen atoms in total. The molecule has 2 aromatic heterocycles. The van der Waals surface area contributed by atoms with Crippen LogP contribution in [0.15, 0.2) is 46.3 Å². The summed E-state index contributed by atoms with van der Waals surface area (Å²) in [6, 6.07) is 10.4. The summed E-state index contributed by atoms with van der Waals surface area (Å²) in [5, 5.41) is 0.628. The molecule has 0 atom stereocenters. The highest BCUT2D eigenvalue weighted by Gasteiger charge is 2.15. The molecular weight excluding hydrogens is 306 g/mol. The third-order valence-electron chi connectivity index (χ3n) is 4.03. The highest BCUT2D eigenvalue weighted by Crippen LogP contribution is 2.28. The van der Waals surface area contributed by atoms with Crippen molar-refractivity contribution >= 4 is 22.8 Å². The molecule has 3 rings (SSSR count). The molecule has 0 saturated carbocycles. The van der Waals surface area contributed by atoms with Gasteiger partial charge in [-0.05, 0) is 37.1 Å². The molecule has 3 aromatic rings. The van der Waals surface area contributed by atoms with Crippen molar-refractivity contribution in [3.05, 3.63) is 63.8 Å². The van der Waals surface area contributed by atoms with Crippen molar-refractivity contribution in [1.29, 1.82) is 0 Å². The van der Waals surface area contributed by atoms with Crippen LogP contribution in [0.4, 0.5) is 0 Å². The van der Waals surface area contributed by atoms with E-state index in [4.69, 9.17) is 0 Å². The molecule has 0 spiro atoms. The molecule has 0 N–H and O–H groups in total. The summed E-state index contributed by atoms with van der Waals surface area (Å²) in [6.45, 7) is 1.99. The van der Waals surface area contributed by atoms with Gasteiger partial charge >= 0.3 is 0 Å². The van der Waals surface area contributed by atoms with Crippen molar-refractivity contribution in [3.63, 3.8) is 0 Å². The van der Waals surface area contributed by atoms with E-state index in [0.29, 0.717) is 11.0 Å². The molecule has 118 valence electrons. The minimum atomic E-state index is -0.0371. The number of nitrogens with zero attached hydrogens (tertiary/aromatic N) is 3. The Hall–Kier alpha value is -2.14. The van der Waals surface area contributed by atoms with Gasteiger partial charge in [-0.15, -0.1) is 11.8 Å². The van der Waals surface area contributed by atoms with Crippen LogP contribution in [0.25, 0.3) is 11.0 Å². The predicted molar refractivity (Wildman–Crippen MR) is 95.1 cm³/mol. The lowest BCUT2D eigenvalue weighted by molar-refractivity contribution is 0.827. The van der Waals surface area contributed by atoms with E-state index in [1.54, 1.807) is 18.8 Å². The van der Waals surface area contributed by atoms with Crippen LogP contribution in [-0.4, -0.2) is 20.8 Å². The summed E-state index contributed by atoms with van der Waals surface area (Å²) in [6.07, 6.45) is 5.34. The maximum atomic E-state index is 12.4. The zero-order valence-corrected chi connectivity index (χ0v) is 14.4. The lowest BCUT2D eigenvalue weighted by Crippen LogP contribution is -2.19. The van der Waals surface area contributed by atoms with Gasteiger partial charge in [0.05, 0.1) is 17.4 Å². The summed E-state index contributed by atoms with van der Waals surface area (Å²) in [7, 11) is 1.72. The van der Waals surface area contributed by atoms with Crippen molar-refractivity contribution in [2.24, 2.45) is 7.05 Å². The fraction of sp³-hybridized carbons (Fsp3) is 0.278. The van der Waals surface area contributed by atoms with Gasteiger partial charge in [-0.1, -0.05) is 30.3 Å². The lowest BCUT2D eigenvalue weighted by atomic mass is 10.1. The zero-order chi connectivity index (χ0) is 16.4. The van der Waals surface area contributed by atoms with Crippen LogP contribution < -0.4 is 5.56 Å². The Morgan fingerprint density at radius 1 is 1.17 bits per heavy atom. The van der Waals surface area contributed by atoms with Crippen LogP contribution >= 0.6 is 11.8 Å².